The first kappa shape index (κ1) is 15.4. The van der Waals surface area contributed by atoms with Crippen molar-refractivity contribution in [2.45, 2.75) is 57.3 Å². The maximum Gasteiger partial charge on any atom is 0.129 e. The molecule has 0 saturated heterocycles. The van der Waals surface area contributed by atoms with Gasteiger partial charge in [-0.1, -0.05) is 38.7 Å². The first-order chi connectivity index (χ1) is 9.68. The molecule has 1 aliphatic carbocycles. The third-order valence-corrected chi connectivity index (χ3v) is 4.45. The molecule has 0 amide bonds. The van der Waals surface area contributed by atoms with Gasteiger partial charge >= 0.3 is 0 Å². The smallest absolute Gasteiger partial charge is 0.129 e. The molecule has 2 rings (SSSR count). The Balaban J connectivity index is 2.28. The van der Waals surface area contributed by atoms with Crippen LogP contribution in [0, 0.1) is 11.6 Å². The van der Waals surface area contributed by atoms with Gasteiger partial charge in [0.2, 0.25) is 0 Å². The molecular weight excluding hydrogens is 256 g/mol. The van der Waals surface area contributed by atoms with Gasteiger partial charge in [0.15, 0.2) is 0 Å². The lowest BCUT2D eigenvalue weighted by Gasteiger charge is -2.34. The van der Waals surface area contributed by atoms with Gasteiger partial charge in [0, 0.05) is 18.0 Å². The highest BCUT2D eigenvalue weighted by Gasteiger charge is 2.34. The number of hydrogen-bond donors (Lipinski definition) is 1. The third kappa shape index (κ3) is 3.57. The molecule has 0 unspecified atom stereocenters. The largest absolute Gasteiger partial charge is 0.316 e. The number of nitrogens with one attached hydrogen (secondary N) is 1. The maximum atomic E-state index is 14.3. The van der Waals surface area contributed by atoms with Gasteiger partial charge in [-0.05, 0) is 37.4 Å². The van der Waals surface area contributed by atoms with E-state index in [4.69, 9.17) is 0 Å². The highest BCUT2D eigenvalue weighted by Crippen LogP contribution is 2.39. The Labute approximate surface area is 120 Å². The van der Waals surface area contributed by atoms with Crippen molar-refractivity contribution in [1.29, 1.82) is 0 Å². The summed E-state index contributed by atoms with van der Waals surface area (Å²) in [6.45, 7) is 3.87. The third-order valence-electron chi connectivity index (χ3n) is 4.45. The zero-order chi connectivity index (χ0) is 14.4. The molecule has 0 atom stereocenters. The van der Waals surface area contributed by atoms with Crippen LogP contribution >= 0.6 is 0 Å². The van der Waals surface area contributed by atoms with E-state index in [0.717, 1.165) is 51.3 Å². The fourth-order valence-corrected chi connectivity index (χ4v) is 3.37. The second-order valence-electron chi connectivity index (χ2n) is 6.00. The standard InChI is InChI=1S/C17H25F2N/c1-2-11-20-13-17(9-5-3-4-6-10-17)15-8-7-14(18)12-16(15)19/h7-8,12,20H,2-6,9-11,13H2,1H3. The van der Waals surface area contributed by atoms with Gasteiger partial charge in [-0.15, -0.1) is 0 Å². The van der Waals surface area contributed by atoms with E-state index in [0.29, 0.717) is 5.56 Å². The van der Waals surface area contributed by atoms with Crippen LogP contribution in [0.2, 0.25) is 0 Å². The normalized spacial score (nSPS) is 18.8. The highest BCUT2D eigenvalue weighted by molar-refractivity contribution is 5.28. The minimum absolute atomic E-state index is 0.163. The summed E-state index contributed by atoms with van der Waals surface area (Å²) in [6, 6.07) is 4.08. The maximum absolute atomic E-state index is 14.3. The van der Waals surface area contributed by atoms with Gasteiger partial charge in [0.1, 0.15) is 11.6 Å². The molecule has 1 aromatic carbocycles. The molecule has 112 valence electrons. The van der Waals surface area contributed by atoms with E-state index in [1.807, 2.05) is 0 Å². The molecule has 0 bridgehead atoms. The SMILES string of the molecule is CCCNCC1(c2ccc(F)cc2F)CCCCCC1. The van der Waals surface area contributed by atoms with Crippen LogP contribution in [0.5, 0.6) is 0 Å². The lowest BCUT2D eigenvalue weighted by Crippen LogP contribution is -2.39. The summed E-state index contributed by atoms with van der Waals surface area (Å²) >= 11 is 0. The molecule has 1 N–H and O–H groups in total. The highest BCUT2D eigenvalue weighted by atomic mass is 19.1. The first-order valence-corrected chi connectivity index (χ1v) is 7.84. The molecule has 1 fully saturated rings. The van der Waals surface area contributed by atoms with E-state index in [9.17, 15) is 8.78 Å². The number of rotatable bonds is 5. The van der Waals surface area contributed by atoms with E-state index >= 15 is 0 Å². The van der Waals surface area contributed by atoms with Gasteiger partial charge < -0.3 is 5.32 Å². The average molecular weight is 281 g/mol. The molecule has 0 aliphatic heterocycles. The molecule has 3 heteroatoms. The van der Waals surface area contributed by atoms with Crippen LogP contribution in [-0.4, -0.2) is 13.1 Å². The molecule has 1 nitrogen and oxygen atoms in total. The average Bonchev–Trinajstić information content (AvgIpc) is 2.65. The number of hydrogen-bond acceptors (Lipinski definition) is 1. The second-order valence-corrected chi connectivity index (χ2v) is 6.00. The van der Waals surface area contributed by atoms with Crippen LogP contribution in [0.15, 0.2) is 18.2 Å². The second kappa shape index (κ2) is 7.16. The summed E-state index contributed by atoms with van der Waals surface area (Å²) in [5.41, 5.74) is 0.535. The predicted octanol–water partition coefficient (Wildman–Crippen LogP) is 4.56. The molecule has 0 spiro atoms. The van der Waals surface area contributed by atoms with Crippen molar-refractivity contribution in [3.8, 4) is 0 Å². The lowest BCUT2D eigenvalue weighted by molar-refractivity contribution is 0.334. The molecule has 1 aliphatic rings. The van der Waals surface area contributed by atoms with Crippen LogP contribution in [0.25, 0.3) is 0 Å². The zero-order valence-corrected chi connectivity index (χ0v) is 12.4. The summed E-state index contributed by atoms with van der Waals surface area (Å²) in [4.78, 5) is 0. The van der Waals surface area contributed by atoms with Crippen molar-refractivity contribution >= 4 is 0 Å². The molecule has 20 heavy (non-hydrogen) atoms. The summed E-state index contributed by atoms with van der Waals surface area (Å²) in [5, 5.41) is 3.45. The van der Waals surface area contributed by atoms with Crippen LogP contribution in [0.3, 0.4) is 0 Å². The van der Waals surface area contributed by atoms with Crippen molar-refractivity contribution in [3.63, 3.8) is 0 Å². The van der Waals surface area contributed by atoms with Gasteiger partial charge in [0.25, 0.3) is 0 Å². The van der Waals surface area contributed by atoms with Crippen LogP contribution in [0.4, 0.5) is 8.78 Å². The first-order valence-electron chi connectivity index (χ1n) is 7.84. The van der Waals surface area contributed by atoms with Crippen LogP contribution in [-0.2, 0) is 5.41 Å². The Hall–Kier alpha value is -0.960. The van der Waals surface area contributed by atoms with E-state index in [1.165, 1.54) is 18.9 Å². The van der Waals surface area contributed by atoms with Gasteiger partial charge in [-0.25, -0.2) is 8.78 Å². The monoisotopic (exact) mass is 281 g/mol. The van der Waals surface area contributed by atoms with Crippen molar-refractivity contribution in [3.05, 3.63) is 35.4 Å². The molecule has 0 aromatic heterocycles. The zero-order valence-electron chi connectivity index (χ0n) is 12.4. The molecular formula is C17H25F2N. The summed E-state index contributed by atoms with van der Waals surface area (Å²) < 4.78 is 27.4. The molecule has 1 aromatic rings. The van der Waals surface area contributed by atoms with E-state index in [-0.39, 0.29) is 11.2 Å². The Bertz CT molecular complexity index is 423. The Morgan fingerprint density at radius 2 is 1.80 bits per heavy atom. The fraction of sp³-hybridized carbons (Fsp3) is 0.647. The molecule has 0 radical (unpaired) electrons. The Kier molecular flexibility index (Phi) is 5.53. The summed E-state index contributed by atoms with van der Waals surface area (Å²) in [7, 11) is 0. The van der Waals surface area contributed by atoms with Crippen molar-refractivity contribution in [2.24, 2.45) is 0 Å². The minimum atomic E-state index is -0.489. The van der Waals surface area contributed by atoms with E-state index in [2.05, 4.69) is 12.2 Å². The molecule has 1 saturated carbocycles. The topological polar surface area (TPSA) is 12.0 Å². The Morgan fingerprint density at radius 1 is 1.10 bits per heavy atom. The van der Waals surface area contributed by atoms with Crippen molar-refractivity contribution in [2.75, 3.05) is 13.1 Å². The minimum Gasteiger partial charge on any atom is -0.316 e. The molecule has 0 heterocycles. The van der Waals surface area contributed by atoms with Gasteiger partial charge in [-0.2, -0.15) is 0 Å². The van der Waals surface area contributed by atoms with Gasteiger partial charge in [0.05, 0.1) is 0 Å². The van der Waals surface area contributed by atoms with E-state index < -0.39 is 5.82 Å². The van der Waals surface area contributed by atoms with Gasteiger partial charge in [-0.3, -0.25) is 0 Å². The number of halogens is 2. The summed E-state index contributed by atoms with van der Waals surface area (Å²) in [5.74, 6) is -0.873. The van der Waals surface area contributed by atoms with Crippen LogP contribution < -0.4 is 5.32 Å². The van der Waals surface area contributed by atoms with Crippen molar-refractivity contribution in [1.82, 2.24) is 5.32 Å². The lowest BCUT2D eigenvalue weighted by atomic mass is 9.74. The van der Waals surface area contributed by atoms with E-state index in [1.54, 1.807) is 6.07 Å². The quantitative estimate of drug-likeness (QED) is 0.616. The van der Waals surface area contributed by atoms with Crippen molar-refractivity contribution < 1.29 is 8.78 Å². The fourth-order valence-electron chi connectivity index (χ4n) is 3.37. The summed E-state index contributed by atoms with van der Waals surface area (Å²) in [6.07, 6.45) is 7.76. The number of benzene rings is 1. The predicted molar refractivity (Wildman–Crippen MR) is 78.9 cm³/mol. The van der Waals surface area contributed by atoms with Crippen LogP contribution in [0.1, 0.15) is 57.4 Å². The Morgan fingerprint density at radius 3 is 2.40 bits per heavy atom.